The second-order valence-corrected chi connectivity index (χ2v) is 11.3. The van der Waals surface area contributed by atoms with Crippen molar-refractivity contribution in [1.29, 1.82) is 0 Å². The summed E-state index contributed by atoms with van der Waals surface area (Å²) in [5.41, 5.74) is 5.87. The van der Waals surface area contributed by atoms with Gasteiger partial charge in [-0.15, -0.1) is 0 Å². The molecule has 2 saturated carbocycles. The highest BCUT2D eigenvalue weighted by Crippen LogP contribution is 2.60. The maximum atomic E-state index is 6.04. The Labute approximate surface area is 230 Å². The summed E-state index contributed by atoms with van der Waals surface area (Å²) in [4.78, 5) is 6.73. The van der Waals surface area contributed by atoms with Crippen LogP contribution in [-0.4, -0.2) is 41.3 Å². The lowest BCUT2D eigenvalue weighted by molar-refractivity contribution is 0.0332. The molecule has 0 radical (unpaired) electrons. The van der Waals surface area contributed by atoms with Gasteiger partial charge in [0.05, 0.1) is 24.6 Å². The summed E-state index contributed by atoms with van der Waals surface area (Å²) in [5, 5.41) is 4.35. The molecule has 3 aliphatic rings. The number of hydrogen-bond acceptors (Lipinski definition) is 6. The number of fused-ring (bicyclic) bond motifs is 2. The fraction of sp³-hybridized carbons (Fsp3) is 0.394. The van der Waals surface area contributed by atoms with Crippen LogP contribution in [0, 0.1) is 11.8 Å². The van der Waals surface area contributed by atoms with E-state index in [4.69, 9.17) is 14.0 Å². The van der Waals surface area contributed by atoms with Gasteiger partial charge in [0.15, 0.2) is 5.76 Å². The molecule has 6 nitrogen and oxygen atoms in total. The summed E-state index contributed by atoms with van der Waals surface area (Å²) in [5.74, 6) is 3.21. The van der Waals surface area contributed by atoms with Gasteiger partial charge in [-0.05, 0) is 66.5 Å². The van der Waals surface area contributed by atoms with Gasteiger partial charge in [-0.1, -0.05) is 54.0 Å². The second-order valence-electron chi connectivity index (χ2n) is 11.3. The molecule has 200 valence electrons. The number of aromatic nitrogens is 2. The zero-order chi connectivity index (χ0) is 26.1. The van der Waals surface area contributed by atoms with E-state index >= 15 is 0 Å². The van der Waals surface area contributed by atoms with E-state index in [9.17, 15) is 0 Å². The molecule has 2 aliphatic carbocycles. The lowest BCUT2D eigenvalue weighted by Crippen LogP contribution is -2.35. The van der Waals surface area contributed by atoms with Crippen LogP contribution in [0.2, 0.25) is 0 Å². The predicted octanol–water partition coefficient (Wildman–Crippen LogP) is 6.25. The summed E-state index contributed by atoms with van der Waals surface area (Å²) in [6.07, 6.45) is 7.01. The summed E-state index contributed by atoms with van der Waals surface area (Å²) in [6.45, 7) is 4.75. The third kappa shape index (κ3) is 4.88. The molecule has 0 amide bonds. The molecule has 2 aromatic heterocycles. The molecule has 39 heavy (non-hydrogen) atoms. The van der Waals surface area contributed by atoms with Crippen molar-refractivity contribution in [3.8, 4) is 17.1 Å². The molecule has 6 heteroatoms. The second kappa shape index (κ2) is 10.6. The zero-order valence-electron chi connectivity index (χ0n) is 22.3. The first-order valence-corrected chi connectivity index (χ1v) is 14.3. The van der Waals surface area contributed by atoms with E-state index in [1.165, 1.54) is 36.8 Å². The molecule has 2 unspecified atom stereocenters. The number of benzene rings is 2. The number of nitrogens with zero attached hydrogens (tertiary/aromatic N) is 3. The van der Waals surface area contributed by atoms with Gasteiger partial charge in [0.2, 0.25) is 0 Å². The first-order chi connectivity index (χ1) is 19.3. The Bertz CT molecular complexity index is 1380. The van der Waals surface area contributed by atoms with Gasteiger partial charge in [-0.2, -0.15) is 0 Å². The fourth-order valence-corrected chi connectivity index (χ4v) is 7.14. The molecular weight excluding hydrogens is 486 g/mol. The highest BCUT2D eigenvalue weighted by molar-refractivity contribution is 5.59. The first kappa shape index (κ1) is 24.6. The molecule has 3 fully saturated rings. The van der Waals surface area contributed by atoms with Gasteiger partial charge in [0.25, 0.3) is 0 Å². The first-order valence-electron chi connectivity index (χ1n) is 14.3. The lowest BCUT2D eigenvalue weighted by atomic mass is 9.64. The van der Waals surface area contributed by atoms with Gasteiger partial charge >= 0.3 is 0 Å². The number of morpholine rings is 1. The maximum Gasteiger partial charge on any atom is 0.167 e. The normalized spacial score (nSPS) is 24.7. The third-order valence-corrected chi connectivity index (χ3v) is 9.06. The fourth-order valence-electron chi connectivity index (χ4n) is 7.14. The van der Waals surface area contributed by atoms with Crippen molar-refractivity contribution in [1.82, 2.24) is 15.0 Å². The van der Waals surface area contributed by atoms with E-state index in [0.29, 0.717) is 12.5 Å². The van der Waals surface area contributed by atoms with Crippen molar-refractivity contribution in [2.24, 2.45) is 11.8 Å². The van der Waals surface area contributed by atoms with Crippen LogP contribution in [-0.2, 0) is 23.3 Å². The average Bonchev–Trinajstić information content (AvgIpc) is 3.75. The van der Waals surface area contributed by atoms with E-state index in [1.54, 1.807) is 6.20 Å². The molecule has 0 spiro atoms. The Kier molecular flexibility index (Phi) is 6.67. The van der Waals surface area contributed by atoms with E-state index < -0.39 is 0 Å². The number of hydrogen-bond donors (Lipinski definition) is 0. The molecule has 2 aromatic carbocycles. The minimum atomic E-state index is 0.0594. The molecule has 1 saturated heterocycles. The minimum Gasteiger partial charge on any atom is -0.487 e. The monoisotopic (exact) mass is 521 g/mol. The minimum absolute atomic E-state index is 0.0594. The van der Waals surface area contributed by atoms with Crippen LogP contribution >= 0.6 is 0 Å². The maximum absolute atomic E-state index is 6.04. The smallest absolute Gasteiger partial charge is 0.167 e. The Hall–Kier alpha value is -3.48. The van der Waals surface area contributed by atoms with Crippen LogP contribution in [0.15, 0.2) is 83.5 Å². The molecule has 1 aliphatic heterocycles. The highest BCUT2D eigenvalue weighted by Gasteiger charge is 2.52. The van der Waals surface area contributed by atoms with Crippen molar-refractivity contribution in [3.05, 3.63) is 102 Å². The van der Waals surface area contributed by atoms with Gasteiger partial charge in [-0.25, -0.2) is 0 Å². The molecule has 4 aromatic rings. The predicted molar refractivity (Wildman–Crippen MR) is 149 cm³/mol. The van der Waals surface area contributed by atoms with Crippen molar-refractivity contribution in [2.45, 2.75) is 44.2 Å². The molecule has 3 atom stereocenters. The van der Waals surface area contributed by atoms with Gasteiger partial charge in [0, 0.05) is 42.9 Å². The van der Waals surface area contributed by atoms with Crippen LogP contribution in [0.1, 0.15) is 48.2 Å². The van der Waals surface area contributed by atoms with Crippen LogP contribution < -0.4 is 4.74 Å². The van der Waals surface area contributed by atoms with Crippen molar-refractivity contribution in [2.75, 3.05) is 26.3 Å². The molecular formula is C33H35N3O3. The number of pyridine rings is 1. The topological polar surface area (TPSA) is 60.6 Å². The molecule has 2 bridgehead atoms. The van der Waals surface area contributed by atoms with E-state index in [-0.39, 0.29) is 5.41 Å². The Morgan fingerprint density at radius 1 is 0.897 bits per heavy atom. The summed E-state index contributed by atoms with van der Waals surface area (Å²) in [7, 11) is 0. The molecule has 0 N–H and O–H groups in total. The summed E-state index contributed by atoms with van der Waals surface area (Å²) in [6, 6.07) is 25.9. The van der Waals surface area contributed by atoms with Crippen LogP contribution in [0.4, 0.5) is 0 Å². The molecule has 7 rings (SSSR count). The Morgan fingerprint density at radius 3 is 2.38 bits per heavy atom. The van der Waals surface area contributed by atoms with Crippen LogP contribution in [0.5, 0.6) is 5.75 Å². The average molecular weight is 522 g/mol. The van der Waals surface area contributed by atoms with E-state index in [0.717, 1.165) is 67.2 Å². The summed E-state index contributed by atoms with van der Waals surface area (Å²) < 4.78 is 17.3. The quantitative estimate of drug-likeness (QED) is 0.273. The van der Waals surface area contributed by atoms with Crippen molar-refractivity contribution >= 4 is 0 Å². The zero-order valence-corrected chi connectivity index (χ0v) is 22.3. The molecule has 3 heterocycles. The number of ether oxygens (including phenoxy) is 2. The van der Waals surface area contributed by atoms with Gasteiger partial charge in [-0.3, -0.25) is 9.88 Å². The lowest BCUT2D eigenvalue weighted by Gasteiger charge is -2.39. The van der Waals surface area contributed by atoms with Crippen molar-refractivity contribution < 1.29 is 14.0 Å². The van der Waals surface area contributed by atoms with Crippen LogP contribution in [0.3, 0.4) is 0 Å². The highest BCUT2D eigenvalue weighted by atomic mass is 16.5. The van der Waals surface area contributed by atoms with Gasteiger partial charge < -0.3 is 14.0 Å². The summed E-state index contributed by atoms with van der Waals surface area (Å²) >= 11 is 0. The Morgan fingerprint density at radius 2 is 1.69 bits per heavy atom. The standard InChI is InChI=1S/C33H35N3O3/c1-2-14-34-29(3-1)23-38-31-12-10-27(11-13-31)33(21-24-4-7-28(33)19-24)26-8-5-25(6-9-26)32-20-30(35-39-32)22-36-15-17-37-18-16-36/h1-3,5-6,8-14,20,24,28H,4,7,15-19,21-23H2/t24?,28?,33-/m0/s1. The Balaban J connectivity index is 1.11. The van der Waals surface area contributed by atoms with Crippen LogP contribution in [0.25, 0.3) is 11.3 Å². The third-order valence-electron chi connectivity index (χ3n) is 9.06. The SMILES string of the molecule is c1ccc(COc2ccc([C@@]3(c4ccc(-c5cc(CN6CCOCC6)no5)cc4)CC4CCC3C4)cc2)nc1. The number of rotatable bonds is 8. The van der Waals surface area contributed by atoms with Gasteiger partial charge in [0.1, 0.15) is 12.4 Å². The van der Waals surface area contributed by atoms with E-state index in [1.807, 2.05) is 18.2 Å². The van der Waals surface area contributed by atoms with E-state index in [2.05, 4.69) is 69.6 Å². The largest absolute Gasteiger partial charge is 0.487 e. The van der Waals surface area contributed by atoms with Crippen molar-refractivity contribution in [3.63, 3.8) is 0 Å².